The average molecular weight is 761 g/mol. The van der Waals surface area contributed by atoms with Crippen molar-refractivity contribution in [2.75, 3.05) is 0 Å². The van der Waals surface area contributed by atoms with E-state index in [9.17, 15) is 0 Å². The van der Waals surface area contributed by atoms with Crippen LogP contribution >= 0.6 is 0 Å². The van der Waals surface area contributed by atoms with Crippen LogP contribution in [0.4, 0.5) is 0 Å². The van der Waals surface area contributed by atoms with Gasteiger partial charge in [-0.15, -0.1) is 0 Å². The quantitative estimate of drug-likeness (QED) is 0.158. The van der Waals surface area contributed by atoms with Gasteiger partial charge in [0.25, 0.3) is 0 Å². The number of aromatic nitrogens is 3. The van der Waals surface area contributed by atoms with E-state index in [4.69, 9.17) is 29.4 Å². The number of hydrogen-bond donors (Lipinski definition) is 1. The summed E-state index contributed by atoms with van der Waals surface area (Å²) in [7, 11) is 0. The topological polar surface area (TPSA) is 88.6 Å². The number of rotatable bonds is 9. The number of amidine groups is 2. The number of aliphatic imine (C=N–C) groups is 2. The Hall–Kier alpha value is -8.03. The number of furan rings is 1. The molecule has 0 radical (unpaired) electrons. The maximum atomic E-state index is 5.73. The second-order valence-electron chi connectivity index (χ2n) is 14.1. The standard InChI is InChI=1S/C52H36N6O/c1-4-17-35(18-5-1)47-53-48(36-19-6-2-7-20-36)55-50(54-47)40-25-14-23-38(33-40)42-27-10-12-29-44(42)45-30-13-11-28-43(45)39-24-15-26-41(34-39)51-56-49(37-21-8-3-9-22-37)57-52(58-51)46-31-16-32-59-46/h1-34,50H,(H,53,54,55). The van der Waals surface area contributed by atoms with Crippen molar-refractivity contribution in [1.82, 2.24) is 20.3 Å². The van der Waals surface area contributed by atoms with E-state index >= 15 is 0 Å². The highest BCUT2D eigenvalue weighted by Gasteiger charge is 2.22. The molecule has 1 N–H and O–H groups in total. The van der Waals surface area contributed by atoms with Gasteiger partial charge in [0, 0.05) is 22.3 Å². The van der Waals surface area contributed by atoms with Crippen LogP contribution in [-0.2, 0) is 0 Å². The molecule has 3 heterocycles. The zero-order valence-corrected chi connectivity index (χ0v) is 31.9. The van der Waals surface area contributed by atoms with Crippen molar-refractivity contribution in [3.8, 4) is 67.7 Å². The maximum Gasteiger partial charge on any atom is 0.199 e. The van der Waals surface area contributed by atoms with E-state index in [1.54, 1.807) is 6.26 Å². The molecule has 1 unspecified atom stereocenters. The number of hydrogen-bond acceptors (Lipinski definition) is 7. The first-order valence-corrected chi connectivity index (χ1v) is 19.5. The lowest BCUT2D eigenvalue weighted by molar-refractivity contribution is 0.577. The molecule has 9 aromatic rings. The SMILES string of the molecule is c1ccc(C2=NC(c3cccc(-c4ccccc4-c4ccccc4-c4cccc(-c5nc(-c6ccccc6)nc(-c6ccco6)n5)c4)c3)NC(c3ccccc3)=N2)cc1. The molecule has 1 aliphatic rings. The highest BCUT2D eigenvalue weighted by atomic mass is 16.3. The van der Waals surface area contributed by atoms with Gasteiger partial charge in [-0.2, -0.15) is 0 Å². The van der Waals surface area contributed by atoms with Gasteiger partial charge in [0.1, 0.15) is 12.0 Å². The minimum Gasteiger partial charge on any atom is -0.461 e. The Morgan fingerprint density at radius 1 is 0.390 bits per heavy atom. The Morgan fingerprint density at radius 3 is 1.54 bits per heavy atom. The van der Waals surface area contributed by atoms with E-state index in [1.165, 1.54) is 0 Å². The van der Waals surface area contributed by atoms with Crippen LogP contribution in [0.25, 0.3) is 67.7 Å². The van der Waals surface area contributed by atoms with Crippen LogP contribution in [0.2, 0.25) is 0 Å². The molecular weight excluding hydrogens is 725 g/mol. The highest BCUT2D eigenvalue weighted by molar-refractivity contribution is 6.13. The van der Waals surface area contributed by atoms with Crippen molar-refractivity contribution in [2.45, 2.75) is 6.17 Å². The largest absolute Gasteiger partial charge is 0.461 e. The van der Waals surface area contributed by atoms with Gasteiger partial charge in [0.2, 0.25) is 0 Å². The molecule has 10 rings (SSSR count). The zero-order chi connectivity index (χ0) is 39.4. The molecule has 280 valence electrons. The minimum absolute atomic E-state index is 0.342. The molecule has 0 bridgehead atoms. The van der Waals surface area contributed by atoms with Crippen molar-refractivity contribution in [2.24, 2.45) is 9.98 Å². The summed E-state index contributed by atoms with van der Waals surface area (Å²) in [5.41, 5.74) is 11.4. The Labute approximate surface area is 342 Å². The van der Waals surface area contributed by atoms with E-state index in [2.05, 4.69) is 121 Å². The van der Waals surface area contributed by atoms with Crippen LogP contribution in [-0.4, -0.2) is 26.6 Å². The summed E-state index contributed by atoms with van der Waals surface area (Å²) in [6.07, 6.45) is 1.29. The Balaban J connectivity index is 1.03. The Bertz CT molecular complexity index is 2960. The van der Waals surface area contributed by atoms with Crippen LogP contribution in [0.15, 0.2) is 221 Å². The Kier molecular flexibility index (Phi) is 9.50. The lowest BCUT2D eigenvalue weighted by Crippen LogP contribution is -2.33. The molecule has 7 aromatic carbocycles. The number of nitrogens with zero attached hydrogens (tertiary/aromatic N) is 5. The van der Waals surface area contributed by atoms with Gasteiger partial charge >= 0.3 is 0 Å². The molecule has 0 aliphatic carbocycles. The lowest BCUT2D eigenvalue weighted by atomic mass is 9.88. The summed E-state index contributed by atoms with van der Waals surface area (Å²) >= 11 is 0. The van der Waals surface area contributed by atoms with Crippen LogP contribution < -0.4 is 5.32 Å². The van der Waals surface area contributed by atoms with Gasteiger partial charge in [0.15, 0.2) is 29.1 Å². The molecule has 0 amide bonds. The number of nitrogens with one attached hydrogen (secondary N) is 1. The molecule has 1 aliphatic heterocycles. The van der Waals surface area contributed by atoms with Gasteiger partial charge < -0.3 is 9.73 Å². The summed E-state index contributed by atoms with van der Waals surface area (Å²) in [4.78, 5) is 24.7. The summed E-state index contributed by atoms with van der Waals surface area (Å²) in [6, 6.07) is 68.2. The molecule has 7 heteroatoms. The number of benzene rings is 7. The van der Waals surface area contributed by atoms with E-state index in [0.29, 0.717) is 29.1 Å². The van der Waals surface area contributed by atoms with Crippen LogP contribution in [0.3, 0.4) is 0 Å². The minimum atomic E-state index is -0.342. The molecule has 59 heavy (non-hydrogen) atoms. The maximum absolute atomic E-state index is 5.73. The van der Waals surface area contributed by atoms with Crippen LogP contribution in [0, 0.1) is 0 Å². The normalized spacial score (nSPS) is 13.6. The van der Waals surface area contributed by atoms with Gasteiger partial charge in [-0.05, 0) is 63.2 Å². The van der Waals surface area contributed by atoms with Crippen molar-refractivity contribution in [3.63, 3.8) is 0 Å². The summed E-state index contributed by atoms with van der Waals surface area (Å²) in [5.74, 6) is 3.70. The smallest absolute Gasteiger partial charge is 0.199 e. The summed E-state index contributed by atoms with van der Waals surface area (Å²) < 4.78 is 5.73. The molecule has 2 aromatic heterocycles. The zero-order valence-electron chi connectivity index (χ0n) is 31.9. The van der Waals surface area contributed by atoms with Crippen molar-refractivity contribution < 1.29 is 4.42 Å². The van der Waals surface area contributed by atoms with Crippen molar-refractivity contribution >= 4 is 11.7 Å². The molecule has 0 saturated heterocycles. The van der Waals surface area contributed by atoms with Gasteiger partial charge in [-0.1, -0.05) is 176 Å². The van der Waals surface area contributed by atoms with E-state index < -0.39 is 0 Å². The Morgan fingerprint density at radius 2 is 0.898 bits per heavy atom. The summed E-state index contributed by atoms with van der Waals surface area (Å²) in [5, 5.41) is 3.63. The molecule has 0 saturated carbocycles. The first-order chi connectivity index (χ1) is 29.2. The highest BCUT2D eigenvalue weighted by Crippen LogP contribution is 2.40. The summed E-state index contributed by atoms with van der Waals surface area (Å²) in [6.45, 7) is 0. The fourth-order valence-electron chi connectivity index (χ4n) is 7.46. The fraction of sp³-hybridized carbons (Fsp3) is 0.0192. The molecular formula is C52H36N6O. The first-order valence-electron chi connectivity index (χ1n) is 19.5. The van der Waals surface area contributed by atoms with E-state index in [1.807, 2.05) is 84.9 Å². The average Bonchev–Trinajstić information content (AvgIpc) is 3.88. The van der Waals surface area contributed by atoms with Crippen molar-refractivity contribution in [3.05, 3.63) is 223 Å². The van der Waals surface area contributed by atoms with Crippen molar-refractivity contribution in [1.29, 1.82) is 0 Å². The van der Waals surface area contributed by atoms with E-state index in [0.717, 1.165) is 67.0 Å². The second-order valence-corrected chi connectivity index (χ2v) is 14.1. The fourth-order valence-corrected chi connectivity index (χ4v) is 7.46. The molecule has 1 atom stereocenters. The molecule has 7 nitrogen and oxygen atoms in total. The first kappa shape index (κ1) is 35.4. The van der Waals surface area contributed by atoms with Gasteiger partial charge in [0.05, 0.1) is 6.26 Å². The lowest BCUT2D eigenvalue weighted by Gasteiger charge is -2.24. The third kappa shape index (κ3) is 7.36. The van der Waals surface area contributed by atoms with E-state index in [-0.39, 0.29) is 6.17 Å². The predicted molar refractivity (Wildman–Crippen MR) is 237 cm³/mol. The second kappa shape index (κ2) is 15.8. The van der Waals surface area contributed by atoms with Crippen LogP contribution in [0.5, 0.6) is 0 Å². The van der Waals surface area contributed by atoms with Gasteiger partial charge in [-0.25, -0.2) is 24.9 Å². The van der Waals surface area contributed by atoms with Gasteiger partial charge in [-0.3, -0.25) is 0 Å². The molecule has 0 fully saturated rings. The third-order valence-electron chi connectivity index (χ3n) is 10.3. The van der Waals surface area contributed by atoms with Crippen LogP contribution in [0.1, 0.15) is 22.9 Å². The predicted octanol–water partition coefficient (Wildman–Crippen LogP) is 12.0. The molecule has 0 spiro atoms. The third-order valence-corrected chi connectivity index (χ3v) is 10.3. The monoisotopic (exact) mass is 760 g/mol.